The summed E-state index contributed by atoms with van der Waals surface area (Å²) in [4.78, 5) is 22.7. The van der Waals surface area contributed by atoms with Crippen molar-refractivity contribution < 1.29 is 14.3 Å². The number of carbonyl (C=O) groups is 1. The Morgan fingerprint density at radius 2 is 2.26 bits per heavy atom. The second kappa shape index (κ2) is 8.77. The maximum atomic E-state index is 13.1. The van der Waals surface area contributed by atoms with Crippen LogP contribution in [0.2, 0.25) is 0 Å². The van der Waals surface area contributed by atoms with Crippen molar-refractivity contribution >= 4 is 23.4 Å². The predicted octanol–water partition coefficient (Wildman–Crippen LogP) is 2.33. The summed E-state index contributed by atoms with van der Waals surface area (Å²) in [5.41, 5.74) is 1.28. The Kier molecular flexibility index (Phi) is 6.18. The lowest BCUT2D eigenvalue weighted by molar-refractivity contribution is -0.115. The molecule has 1 atom stereocenters. The molecule has 7 nitrogen and oxygen atoms in total. The third-order valence-corrected chi connectivity index (χ3v) is 4.46. The minimum absolute atomic E-state index is 0.174. The van der Waals surface area contributed by atoms with Gasteiger partial charge in [-0.15, -0.1) is 0 Å². The normalized spacial score (nSPS) is 16.9. The molecule has 3 rings (SSSR count). The summed E-state index contributed by atoms with van der Waals surface area (Å²) in [7, 11) is 0. The number of rotatable bonds is 6. The molecule has 1 aromatic carbocycles. The Labute approximate surface area is 157 Å². The molecule has 1 aliphatic heterocycles. The van der Waals surface area contributed by atoms with E-state index in [1.165, 1.54) is 12.1 Å². The molecular weight excluding hydrogens is 349 g/mol. The van der Waals surface area contributed by atoms with Gasteiger partial charge >= 0.3 is 0 Å². The van der Waals surface area contributed by atoms with E-state index in [9.17, 15) is 14.3 Å². The standard InChI is InChI=1S/C19H24FN5O2/c1-13-11-14(20)4-5-16(13)23-18(27)7-9-22-19-21-8-6-17(24-19)25-10-2-3-15(26)12-25/h4-6,8,11,15,26H,2-3,7,9-10,12H2,1H3,(H,23,27)(H,21,22,24)/t15-/m0/s1. The minimum atomic E-state index is -0.330. The fraction of sp³-hybridized carbons (Fsp3) is 0.421. The van der Waals surface area contributed by atoms with Crippen LogP contribution < -0.4 is 15.5 Å². The fourth-order valence-electron chi connectivity index (χ4n) is 3.04. The van der Waals surface area contributed by atoms with Gasteiger partial charge in [0.25, 0.3) is 0 Å². The summed E-state index contributed by atoms with van der Waals surface area (Å²) >= 11 is 0. The van der Waals surface area contributed by atoms with Crippen molar-refractivity contribution in [2.45, 2.75) is 32.3 Å². The first-order valence-electron chi connectivity index (χ1n) is 9.07. The maximum Gasteiger partial charge on any atom is 0.226 e. The minimum Gasteiger partial charge on any atom is -0.391 e. The van der Waals surface area contributed by atoms with Crippen LogP contribution in [0.15, 0.2) is 30.5 Å². The predicted molar refractivity (Wildman–Crippen MR) is 102 cm³/mol. The first kappa shape index (κ1) is 19.0. The number of piperidine rings is 1. The summed E-state index contributed by atoms with van der Waals surface area (Å²) in [6.45, 7) is 3.54. The van der Waals surface area contributed by atoms with E-state index in [0.29, 0.717) is 30.3 Å². The lowest BCUT2D eigenvalue weighted by Crippen LogP contribution is -2.38. The van der Waals surface area contributed by atoms with Crippen LogP contribution in [0.4, 0.5) is 21.8 Å². The Bertz CT molecular complexity index is 801. The van der Waals surface area contributed by atoms with Gasteiger partial charge in [0.2, 0.25) is 11.9 Å². The van der Waals surface area contributed by atoms with Gasteiger partial charge in [0, 0.05) is 37.9 Å². The van der Waals surface area contributed by atoms with Gasteiger partial charge in [0.05, 0.1) is 6.10 Å². The highest BCUT2D eigenvalue weighted by molar-refractivity contribution is 5.91. The zero-order valence-electron chi connectivity index (χ0n) is 15.3. The Morgan fingerprint density at radius 3 is 3.04 bits per heavy atom. The van der Waals surface area contributed by atoms with Crippen LogP contribution in [-0.4, -0.2) is 46.7 Å². The Balaban J connectivity index is 1.50. The third kappa shape index (κ3) is 5.37. The molecule has 1 aromatic heterocycles. The van der Waals surface area contributed by atoms with E-state index in [0.717, 1.165) is 25.2 Å². The second-order valence-corrected chi connectivity index (χ2v) is 6.66. The Morgan fingerprint density at radius 1 is 1.41 bits per heavy atom. The van der Waals surface area contributed by atoms with E-state index in [1.54, 1.807) is 19.2 Å². The zero-order chi connectivity index (χ0) is 19.2. The number of hydrogen-bond acceptors (Lipinski definition) is 6. The number of aliphatic hydroxyl groups excluding tert-OH is 1. The van der Waals surface area contributed by atoms with Gasteiger partial charge in [-0.3, -0.25) is 4.79 Å². The molecule has 27 heavy (non-hydrogen) atoms. The van der Waals surface area contributed by atoms with Gasteiger partial charge in [0.15, 0.2) is 0 Å². The second-order valence-electron chi connectivity index (χ2n) is 6.66. The first-order chi connectivity index (χ1) is 13.0. The third-order valence-electron chi connectivity index (χ3n) is 4.46. The van der Waals surface area contributed by atoms with Crippen molar-refractivity contribution in [2.24, 2.45) is 0 Å². The average molecular weight is 373 g/mol. The molecule has 0 unspecified atom stereocenters. The van der Waals surface area contributed by atoms with Crippen molar-refractivity contribution in [3.63, 3.8) is 0 Å². The number of aliphatic hydroxyl groups is 1. The van der Waals surface area contributed by atoms with Crippen LogP contribution in [0.3, 0.4) is 0 Å². The molecule has 2 aromatic rings. The van der Waals surface area contributed by atoms with Crippen LogP contribution in [0, 0.1) is 12.7 Å². The van der Waals surface area contributed by atoms with Crippen LogP contribution in [0.1, 0.15) is 24.8 Å². The number of halogens is 1. The van der Waals surface area contributed by atoms with Gasteiger partial charge in [0.1, 0.15) is 11.6 Å². The lowest BCUT2D eigenvalue weighted by Gasteiger charge is -2.31. The van der Waals surface area contributed by atoms with Crippen LogP contribution in [0.25, 0.3) is 0 Å². The van der Waals surface area contributed by atoms with Crippen LogP contribution in [0.5, 0.6) is 0 Å². The lowest BCUT2D eigenvalue weighted by atomic mass is 10.1. The van der Waals surface area contributed by atoms with Gasteiger partial charge < -0.3 is 20.6 Å². The molecule has 0 aliphatic carbocycles. The number of amides is 1. The number of benzene rings is 1. The van der Waals surface area contributed by atoms with E-state index >= 15 is 0 Å². The summed E-state index contributed by atoms with van der Waals surface area (Å²) < 4.78 is 13.1. The molecule has 144 valence electrons. The summed E-state index contributed by atoms with van der Waals surface area (Å²) in [5.74, 6) is 0.703. The molecule has 0 radical (unpaired) electrons. The quantitative estimate of drug-likeness (QED) is 0.720. The number of β-amino-alcohol motifs (C(OH)–C–C–N with tert-alkyl or cyclic N) is 1. The number of carbonyl (C=O) groups excluding carboxylic acids is 1. The molecule has 3 N–H and O–H groups in total. The van der Waals surface area contributed by atoms with Crippen molar-refractivity contribution in [1.82, 2.24) is 9.97 Å². The van der Waals surface area contributed by atoms with Crippen molar-refractivity contribution in [1.29, 1.82) is 0 Å². The molecular formula is C19H24FN5O2. The number of hydrogen-bond donors (Lipinski definition) is 3. The van der Waals surface area contributed by atoms with Gasteiger partial charge in [-0.25, -0.2) is 9.37 Å². The molecule has 0 saturated carbocycles. The fourth-order valence-corrected chi connectivity index (χ4v) is 3.04. The average Bonchev–Trinajstić information content (AvgIpc) is 2.64. The number of nitrogens with one attached hydrogen (secondary N) is 2. The number of nitrogens with zero attached hydrogens (tertiary/aromatic N) is 3. The van der Waals surface area contributed by atoms with Gasteiger partial charge in [-0.2, -0.15) is 4.98 Å². The smallest absolute Gasteiger partial charge is 0.226 e. The summed E-state index contributed by atoms with van der Waals surface area (Å²) in [6, 6.07) is 6.06. The monoisotopic (exact) mass is 373 g/mol. The highest BCUT2D eigenvalue weighted by Crippen LogP contribution is 2.19. The molecule has 1 fully saturated rings. The molecule has 0 spiro atoms. The summed E-state index contributed by atoms with van der Waals surface area (Å²) in [6.07, 6.45) is 3.30. The summed E-state index contributed by atoms with van der Waals surface area (Å²) in [5, 5.41) is 15.6. The van der Waals surface area contributed by atoms with E-state index < -0.39 is 0 Å². The van der Waals surface area contributed by atoms with E-state index in [-0.39, 0.29) is 24.2 Å². The number of aromatic nitrogens is 2. The molecule has 2 heterocycles. The van der Waals surface area contributed by atoms with Crippen LogP contribution >= 0.6 is 0 Å². The van der Waals surface area contributed by atoms with E-state index in [2.05, 4.69) is 20.6 Å². The SMILES string of the molecule is Cc1cc(F)ccc1NC(=O)CCNc1nccc(N2CCC[C@H](O)C2)n1. The molecule has 8 heteroatoms. The maximum absolute atomic E-state index is 13.1. The number of anilines is 3. The van der Waals surface area contributed by atoms with E-state index in [4.69, 9.17) is 0 Å². The highest BCUT2D eigenvalue weighted by Gasteiger charge is 2.19. The van der Waals surface area contributed by atoms with E-state index in [1.807, 2.05) is 11.0 Å². The molecule has 1 saturated heterocycles. The van der Waals surface area contributed by atoms with Crippen molar-refractivity contribution in [3.8, 4) is 0 Å². The molecule has 1 aliphatic rings. The van der Waals surface area contributed by atoms with Crippen molar-refractivity contribution in [3.05, 3.63) is 41.8 Å². The van der Waals surface area contributed by atoms with Crippen LogP contribution in [-0.2, 0) is 4.79 Å². The topological polar surface area (TPSA) is 90.4 Å². The molecule has 0 bridgehead atoms. The van der Waals surface area contributed by atoms with Crippen molar-refractivity contribution in [2.75, 3.05) is 35.2 Å². The highest BCUT2D eigenvalue weighted by atomic mass is 19.1. The zero-order valence-corrected chi connectivity index (χ0v) is 15.3. The Hall–Kier alpha value is -2.74. The molecule has 1 amide bonds. The van der Waals surface area contributed by atoms with Gasteiger partial charge in [-0.1, -0.05) is 0 Å². The first-order valence-corrected chi connectivity index (χ1v) is 9.07. The van der Waals surface area contributed by atoms with Gasteiger partial charge in [-0.05, 0) is 49.6 Å². The number of aryl methyl sites for hydroxylation is 1. The largest absolute Gasteiger partial charge is 0.391 e.